The number of allylic oxidation sites excluding steroid dienone is 10. The molecule has 62 heavy (non-hydrogen) atoms. The zero-order valence-electron chi connectivity index (χ0n) is 37.6. The molecule has 0 aliphatic rings. The van der Waals surface area contributed by atoms with Crippen LogP contribution in [0.3, 0.4) is 0 Å². The first kappa shape index (κ1) is 59.5. The van der Waals surface area contributed by atoms with E-state index in [1.165, 1.54) is 70.6 Å². The Hall–Kier alpha value is -2.48. The molecule has 0 fully saturated rings. The van der Waals surface area contributed by atoms with Crippen molar-refractivity contribution in [1.82, 2.24) is 0 Å². The summed E-state index contributed by atoms with van der Waals surface area (Å²) in [6.45, 7) is 1.49. The predicted molar refractivity (Wildman–Crippen MR) is 245 cm³/mol. The lowest BCUT2D eigenvalue weighted by Gasteiger charge is -2.20. The van der Waals surface area contributed by atoms with Crippen LogP contribution in [0.1, 0.15) is 162 Å². The molecule has 0 aromatic heterocycles. The van der Waals surface area contributed by atoms with Gasteiger partial charge in [-0.05, 0) is 44.9 Å². The van der Waals surface area contributed by atoms with Crippen LogP contribution in [0.4, 0.5) is 0 Å². The van der Waals surface area contributed by atoms with Gasteiger partial charge in [-0.3, -0.25) is 23.2 Å². The van der Waals surface area contributed by atoms with Crippen molar-refractivity contribution in [3.8, 4) is 0 Å². The Morgan fingerprint density at radius 3 is 1.66 bits per heavy atom. The quantitative estimate of drug-likeness (QED) is 0.0127. The summed E-state index contributed by atoms with van der Waals surface area (Å²) >= 11 is 0. The molecule has 2 unspecified atom stereocenters. The minimum absolute atomic E-state index is 0.0184. The zero-order chi connectivity index (χ0) is 46.0. The van der Waals surface area contributed by atoms with Gasteiger partial charge in [-0.25, -0.2) is 9.13 Å². The van der Waals surface area contributed by atoms with E-state index in [4.69, 9.17) is 23.8 Å². The molecule has 0 amide bonds. The van der Waals surface area contributed by atoms with Crippen LogP contribution in [-0.2, 0) is 41.8 Å². The smallest absolute Gasteiger partial charge is 0.462 e. The van der Waals surface area contributed by atoms with Gasteiger partial charge in [0.05, 0.1) is 25.9 Å². The SMILES string of the molecule is CC/C=C\C/C=C\CC(O)/C=C/C=C\C/C=C\C/C=C\CCC(=O)O[C@H](COC(=O)CCCCCCCCCCCCCCCCC)COP(=O)(O)OC[C@@H](O)COP(=O)(O)O. The van der Waals surface area contributed by atoms with Gasteiger partial charge in [0.25, 0.3) is 0 Å². The van der Waals surface area contributed by atoms with E-state index >= 15 is 0 Å². The highest BCUT2D eigenvalue weighted by molar-refractivity contribution is 7.47. The molecule has 16 heteroatoms. The van der Waals surface area contributed by atoms with Gasteiger partial charge in [-0.1, -0.05) is 177 Å². The average Bonchev–Trinajstić information content (AvgIpc) is 3.23. The highest BCUT2D eigenvalue weighted by Gasteiger charge is 2.28. The number of carbonyl (C=O) groups is 2. The fourth-order valence-electron chi connectivity index (χ4n) is 5.75. The summed E-state index contributed by atoms with van der Waals surface area (Å²) in [6.07, 6.45) is 42.2. The summed E-state index contributed by atoms with van der Waals surface area (Å²) in [7, 11) is -9.72. The molecule has 0 radical (unpaired) electrons. The first-order valence-corrected chi connectivity index (χ1v) is 25.8. The van der Waals surface area contributed by atoms with Crippen LogP contribution in [0.5, 0.6) is 0 Å². The van der Waals surface area contributed by atoms with Crippen LogP contribution in [0.15, 0.2) is 72.9 Å². The fourth-order valence-corrected chi connectivity index (χ4v) is 6.91. The first-order valence-electron chi connectivity index (χ1n) is 22.7. The Morgan fingerprint density at radius 2 is 1.06 bits per heavy atom. The van der Waals surface area contributed by atoms with Gasteiger partial charge in [-0.15, -0.1) is 0 Å². The molecule has 358 valence electrons. The van der Waals surface area contributed by atoms with E-state index in [1.54, 1.807) is 6.08 Å². The second-order valence-electron chi connectivity index (χ2n) is 15.2. The Labute approximate surface area is 372 Å². The molecule has 0 aliphatic heterocycles. The fraction of sp³-hybridized carbons (Fsp3) is 0.696. The molecule has 0 rings (SSSR count). The summed E-state index contributed by atoms with van der Waals surface area (Å²) in [4.78, 5) is 52.7. The number of rotatable bonds is 42. The molecular weight excluding hydrogens is 838 g/mol. The maximum absolute atomic E-state index is 12.6. The van der Waals surface area contributed by atoms with E-state index in [9.17, 15) is 33.8 Å². The molecular formula is C46H80O14P2. The van der Waals surface area contributed by atoms with Gasteiger partial charge in [-0.2, -0.15) is 0 Å². The highest BCUT2D eigenvalue weighted by atomic mass is 31.2. The second kappa shape index (κ2) is 41.2. The lowest BCUT2D eigenvalue weighted by molar-refractivity contribution is -0.161. The van der Waals surface area contributed by atoms with Gasteiger partial charge in [0, 0.05) is 12.8 Å². The van der Waals surface area contributed by atoms with Crippen LogP contribution in [0.2, 0.25) is 0 Å². The normalized spacial score (nSPS) is 15.1. The van der Waals surface area contributed by atoms with E-state index < -0.39 is 72.3 Å². The number of ether oxygens (including phenoxy) is 2. The number of aliphatic hydroxyl groups is 2. The number of carbonyl (C=O) groups excluding carboxylic acids is 2. The molecule has 0 saturated heterocycles. The molecule has 0 aromatic rings. The Bertz CT molecular complexity index is 1390. The van der Waals surface area contributed by atoms with E-state index in [0.717, 1.165) is 38.5 Å². The zero-order valence-corrected chi connectivity index (χ0v) is 39.3. The van der Waals surface area contributed by atoms with Crippen molar-refractivity contribution in [3.05, 3.63) is 72.9 Å². The van der Waals surface area contributed by atoms with Crippen molar-refractivity contribution in [2.45, 2.75) is 180 Å². The van der Waals surface area contributed by atoms with Gasteiger partial charge < -0.3 is 34.4 Å². The third-order valence-electron chi connectivity index (χ3n) is 9.19. The standard InChI is InChI=1S/C46H80O14P2/c1-3-5-7-9-11-12-13-14-15-16-17-21-24-28-32-36-45(49)56-40-44(41-59-62(54,55)58-39-43(48)38-57-61(51,52)53)60-46(50)37-33-29-25-22-19-18-20-23-27-31-35-42(47)34-30-26-10-8-6-4-2/h6,8,18-19,23,25-27,29-31,35,42-44,47-48H,3-5,7,9-17,20-22,24,28,32-34,36-41H2,1-2H3,(H,54,55)(H2,51,52,53)/b8-6-,19-18-,27-23-,29-25-,30-26-,35-31+/t42?,43-,44+/m0/s1. The number of esters is 2. The van der Waals surface area contributed by atoms with Gasteiger partial charge in [0.1, 0.15) is 12.7 Å². The molecule has 0 aromatic carbocycles. The number of unbranched alkanes of at least 4 members (excludes halogenated alkanes) is 14. The van der Waals surface area contributed by atoms with Gasteiger partial charge in [0.15, 0.2) is 6.10 Å². The lowest BCUT2D eigenvalue weighted by Crippen LogP contribution is -2.29. The maximum Gasteiger partial charge on any atom is 0.472 e. The number of hydrogen-bond donors (Lipinski definition) is 5. The minimum atomic E-state index is -4.88. The lowest BCUT2D eigenvalue weighted by atomic mass is 10.0. The van der Waals surface area contributed by atoms with Gasteiger partial charge >= 0.3 is 27.6 Å². The summed E-state index contributed by atoms with van der Waals surface area (Å²) in [6, 6.07) is 0. The van der Waals surface area contributed by atoms with Gasteiger partial charge in [0.2, 0.25) is 0 Å². The number of phosphoric ester groups is 2. The average molecular weight is 919 g/mol. The maximum atomic E-state index is 12.6. The van der Waals surface area contributed by atoms with Crippen molar-refractivity contribution < 1.29 is 66.7 Å². The van der Waals surface area contributed by atoms with Crippen LogP contribution >= 0.6 is 15.6 Å². The van der Waals surface area contributed by atoms with Crippen molar-refractivity contribution in [2.75, 3.05) is 26.4 Å². The number of phosphoric acid groups is 2. The monoisotopic (exact) mass is 919 g/mol. The molecule has 0 aliphatic carbocycles. The van der Waals surface area contributed by atoms with Crippen molar-refractivity contribution in [1.29, 1.82) is 0 Å². The van der Waals surface area contributed by atoms with Crippen LogP contribution in [-0.4, -0.2) is 81.6 Å². The Morgan fingerprint density at radius 1 is 0.548 bits per heavy atom. The van der Waals surface area contributed by atoms with E-state index in [1.807, 2.05) is 54.7 Å². The molecule has 0 heterocycles. The topological polar surface area (TPSA) is 216 Å². The summed E-state index contributed by atoms with van der Waals surface area (Å²) < 4.78 is 47.7. The summed E-state index contributed by atoms with van der Waals surface area (Å²) in [5.74, 6) is -1.16. The van der Waals surface area contributed by atoms with Crippen molar-refractivity contribution in [2.24, 2.45) is 0 Å². The van der Waals surface area contributed by atoms with E-state index in [2.05, 4.69) is 35.0 Å². The molecule has 0 spiro atoms. The third-order valence-corrected chi connectivity index (χ3v) is 10.6. The van der Waals surface area contributed by atoms with E-state index in [0.29, 0.717) is 25.7 Å². The Kier molecular flexibility index (Phi) is 39.6. The van der Waals surface area contributed by atoms with E-state index in [-0.39, 0.29) is 12.8 Å². The van der Waals surface area contributed by atoms with Crippen LogP contribution < -0.4 is 0 Å². The van der Waals surface area contributed by atoms with Crippen LogP contribution in [0, 0.1) is 0 Å². The minimum Gasteiger partial charge on any atom is -0.462 e. The second-order valence-corrected chi connectivity index (χ2v) is 17.8. The predicted octanol–water partition coefficient (Wildman–Crippen LogP) is 10.8. The molecule has 0 bridgehead atoms. The number of hydrogen-bond acceptors (Lipinski definition) is 11. The van der Waals surface area contributed by atoms with Crippen molar-refractivity contribution in [3.63, 3.8) is 0 Å². The number of aliphatic hydroxyl groups excluding tert-OH is 2. The van der Waals surface area contributed by atoms with Crippen molar-refractivity contribution >= 4 is 27.6 Å². The molecule has 4 atom stereocenters. The molecule has 14 nitrogen and oxygen atoms in total. The molecule has 0 saturated carbocycles. The summed E-state index contributed by atoms with van der Waals surface area (Å²) in [5, 5.41) is 19.8. The van der Waals surface area contributed by atoms with Crippen LogP contribution in [0.25, 0.3) is 0 Å². The highest BCUT2D eigenvalue weighted by Crippen LogP contribution is 2.43. The largest absolute Gasteiger partial charge is 0.472 e. The Balaban J connectivity index is 4.68. The summed E-state index contributed by atoms with van der Waals surface area (Å²) in [5.41, 5.74) is 0. The third kappa shape index (κ3) is 44.1. The first-order chi connectivity index (χ1) is 29.8. The molecule has 5 N–H and O–H groups in total.